The van der Waals surface area contributed by atoms with Crippen LogP contribution in [-0.4, -0.2) is 12.0 Å². The minimum Gasteiger partial charge on any atom is -0.309 e. The lowest BCUT2D eigenvalue weighted by Crippen LogP contribution is -2.20. The summed E-state index contributed by atoms with van der Waals surface area (Å²) >= 11 is 0. The smallest absolute Gasteiger partial charge is 0.164 e. The first-order valence-electron chi connectivity index (χ1n) is 6.51. The summed E-state index contributed by atoms with van der Waals surface area (Å²) in [6, 6.07) is 6.58. The van der Waals surface area contributed by atoms with Crippen LogP contribution in [0, 0.1) is 32.4 Å². The summed E-state index contributed by atoms with van der Waals surface area (Å²) in [4.78, 5) is 4.30. The van der Waals surface area contributed by atoms with Crippen molar-refractivity contribution in [3.8, 4) is 0 Å². The van der Waals surface area contributed by atoms with Crippen molar-refractivity contribution >= 4 is 0 Å². The Morgan fingerprint density at radius 1 is 1.00 bits per heavy atom. The average molecular weight is 276 g/mol. The van der Waals surface area contributed by atoms with Gasteiger partial charge in [-0.2, -0.15) is 0 Å². The van der Waals surface area contributed by atoms with E-state index < -0.39 is 17.7 Å². The molecular weight excluding hydrogens is 258 g/mol. The second-order valence-corrected chi connectivity index (χ2v) is 5.00. The Morgan fingerprint density at radius 3 is 2.15 bits per heavy atom. The lowest BCUT2D eigenvalue weighted by molar-refractivity contribution is 0.482. The van der Waals surface area contributed by atoms with Crippen molar-refractivity contribution in [3.63, 3.8) is 0 Å². The Labute approximate surface area is 117 Å². The van der Waals surface area contributed by atoms with E-state index in [0.29, 0.717) is 11.1 Å². The Kier molecular flexibility index (Phi) is 4.14. The molecule has 4 heteroatoms. The van der Waals surface area contributed by atoms with Crippen LogP contribution in [0.1, 0.15) is 34.1 Å². The molecule has 1 atom stereocenters. The third-order valence-electron chi connectivity index (χ3n) is 3.34. The van der Waals surface area contributed by atoms with Gasteiger partial charge in [-0.3, -0.25) is 4.98 Å². The van der Waals surface area contributed by atoms with E-state index in [2.05, 4.69) is 10.3 Å². The minimum atomic E-state index is -0.795. The molecule has 2 rings (SSSR count). The van der Waals surface area contributed by atoms with Crippen molar-refractivity contribution in [2.24, 2.45) is 0 Å². The summed E-state index contributed by atoms with van der Waals surface area (Å²) in [6.45, 7) is 5.32. The quantitative estimate of drug-likeness (QED) is 0.926. The molecule has 20 heavy (non-hydrogen) atoms. The number of aryl methyl sites for hydroxylation is 3. The zero-order chi connectivity index (χ0) is 14.9. The molecular formula is C16H18F2N2. The van der Waals surface area contributed by atoms with E-state index in [4.69, 9.17) is 0 Å². The molecule has 2 aromatic rings. The first-order chi connectivity index (χ1) is 9.43. The maximum Gasteiger partial charge on any atom is 0.164 e. The summed E-state index contributed by atoms with van der Waals surface area (Å²) in [6.07, 6.45) is 0. The van der Waals surface area contributed by atoms with Gasteiger partial charge < -0.3 is 5.32 Å². The van der Waals surface area contributed by atoms with Crippen LogP contribution in [0.5, 0.6) is 0 Å². The van der Waals surface area contributed by atoms with E-state index in [9.17, 15) is 8.78 Å². The van der Waals surface area contributed by atoms with Gasteiger partial charge in [-0.05, 0) is 51.1 Å². The maximum absolute atomic E-state index is 14.2. The molecule has 0 bridgehead atoms. The number of nitrogens with zero attached hydrogens (tertiary/aromatic N) is 1. The summed E-state index contributed by atoms with van der Waals surface area (Å²) in [5.41, 5.74) is 3.20. The number of pyridine rings is 1. The molecule has 1 heterocycles. The normalized spacial score (nSPS) is 12.5. The van der Waals surface area contributed by atoms with E-state index in [1.807, 2.05) is 26.0 Å². The third-order valence-corrected chi connectivity index (χ3v) is 3.34. The first kappa shape index (κ1) is 14.6. The number of benzene rings is 1. The summed E-state index contributed by atoms with van der Waals surface area (Å²) in [5, 5.41) is 3.04. The van der Waals surface area contributed by atoms with Gasteiger partial charge in [-0.1, -0.05) is 12.1 Å². The Balaban J connectivity index is 2.55. The fourth-order valence-corrected chi connectivity index (χ4v) is 2.42. The molecule has 0 saturated heterocycles. The van der Waals surface area contributed by atoms with Gasteiger partial charge in [0.05, 0.1) is 6.04 Å². The van der Waals surface area contributed by atoms with E-state index in [1.54, 1.807) is 26.1 Å². The van der Waals surface area contributed by atoms with E-state index in [-0.39, 0.29) is 0 Å². The Hall–Kier alpha value is -1.81. The second kappa shape index (κ2) is 5.67. The van der Waals surface area contributed by atoms with Gasteiger partial charge in [0.15, 0.2) is 11.6 Å². The number of halogens is 2. The lowest BCUT2D eigenvalue weighted by Gasteiger charge is -2.19. The SMILES string of the molecule is CNC(c1cc(C)nc(C)c1)c1ccc(C)c(F)c1F. The van der Waals surface area contributed by atoms with Crippen LogP contribution in [0.4, 0.5) is 8.78 Å². The molecule has 0 spiro atoms. The van der Waals surface area contributed by atoms with Crippen LogP contribution in [0.15, 0.2) is 24.3 Å². The predicted molar refractivity (Wildman–Crippen MR) is 75.7 cm³/mol. The molecule has 1 aromatic carbocycles. The molecule has 0 aliphatic carbocycles. The van der Waals surface area contributed by atoms with Crippen LogP contribution >= 0.6 is 0 Å². The van der Waals surface area contributed by atoms with Gasteiger partial charge in [0.25, 0.3) is 0 Å². The Bertz CT molecular complexity index is 618. The highest BCUT2D eigenvalue weighted by Crippen LogP contribution is 2.27. The fraction of sp³-hybridized carbons (Fsp3) is 0.312. The largest absolute Gasteiger partial charge is 0.309 e. The molecule has 0 aliphatic heterocycles. The molecule has 106 valence electrons. The van der Waals surface area contributed by atoms with Gasteiger partial charge in [0.2, 0.25) is 0 Å². The first-order valence-corrected chi connectivity index (χ1v) is 6.51. The number of hydrogen-bond donors (Lipinski definition) is 1. The van der Waals surface area contributed by atoms with E-state index in [1.165, 1.54) is 0 Å². The van der Waals surface area contributed by atoms with Crippen LogP contribution in [0.25, 0.3) is 0 Å². The molecule has 1 aromatic heterocycles. The van der Waals surface area contributed by atoms with Crippen LogP contribution in [0.3, 0.4) is 0 Å². The molecule has 0 radical (unpaired) electrons. The van der Waals surface area contributed by atoms with Crippen LogP contribution in [0.2, 0.25) is 0 Å². The van der Waals surface area contributed by atoms with Crippen molar-refractivity contribution in [1.82, 2.24) is 10.3 Å². The van der Waals surface area contributed by atoms with Gasteiger partial charge in [0.1, 0.15) is 0 Å². The number of rotatable bonds is 3. The highest BCUT2D eigenvalue weighted by molar-refractivity contribution is 5.36. The highest BCUT2D eigenvalue weighted by Gasteiger charge is 2.20. The zero-order valence-electron chi connectivity index (χ0n) is 12.1. The second-order valence-electron chi connectivity index (χ2n) is 5.00. The summed E-state index contributed by atoms with van der Waals surface area (Å²) in [7, 11) is 1.73. The van der Waals surface area contributed by atoms with Crippen molar-refractivity contribution in [2.45, 2.75) is 26.8 Å². The Morgan fingerprint density at radius 2 is 1.60 bits per heavy atom. The fourth-order valence-electron chi connectivity index (χ4n) is 2.42. The van der Waals surface area contributed by atoms with Gasteiger partial charge >= 0.3 is 0 Å². The van der Waals surface area contributed by atoms with Crippen molar-refractivity contribution in [1.29, 1.82) is 0 Å². The van der Waals surface area contributed by atoms with Crippen molar-refractivity contribution < 1.29 is 8.78 Å². The molecule has 0 amide bonds. The van der Waals surface area contributed by atoms with Crippen molar-refractivity contribution in [3.05, 3.63) is 64.0 Å². The summed E-state index contributed by atoms with van der Waals surface area (Å²) in [5.74, 6) is -1.58. The molecule has 0 fully saturated rings. The molecule has 2 nitrogen and oxygen atoms in total. The molecule has 1 unspecified atom stereocenters. The topological polar surface area (TPSA) is 24.9 Å². The average Bonchev–Trinajstić information content (AvgIpc) is 2.38. The lowest BCUT2D eigenvalue weighted by atomic mass is 9.96. The number of hydrogen-bond acceptors (Lipinski definition) is 2. The zero-order valence-corrected chi connectivity index (χ0v) is 12.1. The predicted octanol–water partition coefficient (Wildman–Crippen LogP) is 3.59. The minimum absolute atomic E-state index is 0.306. The maximum atomic E-state index is 14.2. The van der Waals surface area contributed by atoms with Crippen molar-refractivity contribution in [2.75, 3.05) is 7.05 Å². The number of nitrogens with one attached hydrogen (secondary N) is 1. The van der Waals surface area contributed by atoms with Crippen LogP contribution < -0.4 is 5.32 Å². The van der Waals surface area contributed by atoms with E-state index >= 15 is 0 Å². The molecule has 0 aliphatic rings. The summed E-state index contributed by atoms with van der Waals surface area (Å²) < 4.78 is 27.9. The number of aromatic nitrogens is 1. The molecule has 1 N–H and O–H groups in total. The highest BCUT2D eigenvalue weighted by atomic mass is 19.2. The monoisotopic (exact) mass is 276 g/mol. The third kappa shape index (κ3) is 2.70. The standard InChI is InChI=1S/C16H18F2N2/c1-9-5-6-13(15(18)14(9)17)16(19-4)12-7-10(2)20-11(3)8-12/h5-8,16,19H,1-4H3. The van der Waals surface area contributed by atoms with Gasteiger partial charge in [0, 0.05) is 17.0 Å². The molecule has 0 saturated carbocycles. The van der Waals surface area contributed by atoms with Gasteiger partial charge in [-0.15, -0.1) is 0 Å². The van der Waals surface area contributed by atoms with E-state index in [0.717, 1.165) is 17.0 Å². The van der Waals surface area contributed by atoms with Crippen LogP contribution in [-0.2, 0) is 0 Å². The van der Waals surface area contributed by atoms with Gasteiger partial charge in [-0.25, -0.2) is 8.78 Å².